The lowest BCUT2D eigenvalue weighted by molar-refractivity contribution is 0.134. The van der Waals surface area contributed by atoms with E-state index in [2.05, 4.69) is 76.1 Å². The van der Waals surface area contributed by atoms with Gasteiger partial charge in [-0.05, 0) is 68.1 Å². The number of H-pyrrole nitrogens is 1. The Morgan fingerprint density at radius 3 is 2.84 bits per heavy atom. The Bertz CT molecular complexity index is 899. The molecule has 0 aliphatic carbocycles. The number of aromatic nitrogens is 2. The Balaban J connectivity index is 1.62. The number of hydrogen-bond acceptors (Lipinski definition) is 2. The lowest BCUT2D eigenvalue weighted by Crippen LogP contribution is -2.33. The van der Waals surface area contributed by atoms with E-state index in [9.17, 15) is 0 Å². The van der Waals surface area contributed by atoms with Crippen molar-refractivity contribution in [2.24, 2.45) is 0 Å². The third-order valence-electron chi connectivity index (χ3n) is 5.35. The second-order valence-electron chi connectivity index (χ2n) is 7.18. The van der Waals surface area contributed by atoms with Crippen LogP contribution in [0.15, 0.2) is 40.9 Å². The van der Waals surface area contributed by atoms with Gasteiger partial charge in [0.1, 0.15) is 5.82 Å². The first kappa shape index (κ1) is 16.8. The molecular weight excluding hydrogens is 374 g/mol. The molecule has 2 aromatic carbocycles. The number of nitrogens with one attached hydrogen (secondary N) is 1. The molecule has 2 heterocycles. The molecule has 0 amide bonds. The van der Waals surface area contributed by atoms with E-state index >= 15 is 0 Å². The zero-order chi connectivity index (χ0) is 17.4. The molecule has 3 nitrogen and oxygen atoms in total. The third-order valence-corrected chi connectivity index (χ3v) is 5.84. The van der Waals surface area contributed by atoms with Crippen LogP contribution in [-0.4, -0.2) is 21.4 Å². The minimum atomic E-state index is 0.376. The number of imidazole rings is 1. The van der Waals surface area contributed by atoms with Crippen LogP contribution in [0.3, 0.4) is 0 Å². The average Bonchev–Trinajstić information content (AvgIpc) is 3.01. The van der Waals surface area contributed by atoms with Gasteiger partial charge in [0, 0.05) is 11.0 Å². The molecule has 0 bridgehead atoms. The molecule has 25 heavy (non-hydrogen) atoms. The SMILES string of the molecule is Cc1ccc(CN2CCCCC2c2nc3ccc(Br)cc3[nH]2)cc1C. The van der Waals surface area contributed by atoms with Crippen molar-refractivity contribution < 1.29 is 0 Å². The molecule has 0 radical (unpaired) electrons. The van der Waals surface area contributed by atoms with E-state index < -0.39 is 0 Å². The number of hydrogen-bond donors (Lipinski definition) is 1. The van der Waals surface area contributed by atoms with Crippen LogP contribution in [0.5, 0.6) is 0 Å². The Hall–Kier alpha value is -1.65. The number of fused-ring (bicyclic) bond motifs is 1. The predicted octanol–water partition coefficient (Wildman–Crippen LogP) is 5.67. The molecule has 1 aliphatic heterocycles. The number of nitrogens with zero attached hydrogens (tertiary/aromatic N) is 2. The molecule has 1 aliphatic rings. The normalized spacial score (nSPS) is 18.8. The average molecular weight is 398 g/mol. The highest BCUT2D eigenvalue weighted by Crippen LogP contribution is 2.32. The van der Waals surface area contributed by atoms with Crippen molar-refractivity contribution in [1.29, 1.82) is 0 Å². The van der Waals surface area contributed by atoms with Gasteiger partial charge in [-0.3, -0.25) is 4.90 Å². The van der Waals surface area contributed by atoms with E-state index in [0.717, 1.165) is 34.4 Å². The first-order valence-electron chi connectivity index (χ1n) is 9.05. The Labute approximate surface area is 157 Å². The van der Waals surface area contributed by atoms with Crippen LogP contribution >= 0.6 is 15.9 Å². The summed E-state index contributed by atoms with van der Waals surface area (Å²) in [6.07, 6.45) is 3.72. The fraction of sp³-hybridized carbons (Fsp3) is 0.381. The highest BCUT2D eigenvalue weighted by atomic mass is 79.9. The van der Waals surface area contributed by atoms with Gasteiger partial charge in [0.05, 0.1) is 17.1 Å². The fourth-order valence-corrected chi connectivity index (χ4v) is 4.15. The molecule has 130 valence electrons. The van der Waals surface area contributed by atoms with E-state index in [-0.39, 0.29) is 0 Å². The van der Waals surface area contributed by atoms with Crippen molar-refractivity contribution >= 4 is 27.0 Å². The first-order valence-corrected chi connectivity index (χ1v) is 9.85. The van der Waals surface area contributed by atoms with Crippen LogP contribution < -0.4 is 0 Å². The zero-order valence-corrected chi connectivity index (χ0v) is 16.4. The van der Waals surface area contributed by atoms with Gasteiger partial charge < -0.3 is 4.98 Å². The summed E-state index contributed by atoms with van der Waals surface area (Å²) >= 11 is 3.55. The van der Waals surface area contributed by atoms with Gasteiger partial charge in [-0.1, -0.05) is 40.5 Å². The van der Waals surface area contributed by atoms with E-state index in [1.165, 1.54) is 36.0 Å². The zero-order valence-electron chi connectivity index (χ0n) is 14.8. The van der Waals surface area contributed by atoms with Crippen molar-refractivity contribution in [2.75, 3.05) is 6.54 Å². The van der Waals surface area contributed by atoms with Crippen LogP contribution in [-0.2, 0) is 6.54 Å². The smallest absolute Gasteiger partial charge is 0.124 e. The Morgan fingerprint density at radius 2 is 2.00 bits per heavy atom. The second kappa shape index (κ2) is 6.93. The Morgan fingerprint density at radius 1 is 1.12 bits per heavy atom. The maximum Gasteiger partial charge on any atom is 0.124 e. The van der Waals surface area contributed by atoms with Gasteiger partial charge in [-0.15, -0.1) is 0 Å². The topological polar surface area (TPSA) is 31.9 Å². The van der Waals surface area contributed by atoms with Crippen molar-refractivity contribution in [3.05, 3.63) is 63.4 Å². The molecule has 0 spiro atoms. The largest absolute Gasteiger partial charge is 0.341 e. The highest BCUT2D eigenvalue weighted by Gasteiger charge is 2.26. The van der Waals surface area contributed by atoms with E-state index in [4.69, 9.17) is 4.98 Å². The number of aromatic amines is 1. The van der Waals surface area contributed by atoms with Gasteiger partial charge >= 0.3 is 0 Å². The summed E-state index contributed by atoms with van der Waals surface area (Å²) in [5.74, 6) is 1.11. The monoisotopic (exact) mass is 397 g/mol. The number of aryl methyl sites for hydroxylation is 2. The lowest BCUT2D eigenvalue weighted by Gasteiger charge is -2.34. The van der Waals surface area contributed by atoms with Gasteiger partial charge in [-0.25, -0.2) is 4.98 Å². The number of piperidine rings is 1. The van der Waals surface area contributed by atoms with Crippen LogP contribution in [0, 0.1) is 13.8 Å². The minimum Gasteiger partial charge on any atom is -0.341 e. The van der Waals surface area contributed by atoms with Crippen LogP contribution in [0.25, 0.3) is 11.0 Å². The number of likely N-dealkylation sites (tertiary alicyclic amines) is 1. The van der Waals surface area contributed by atoms with Gasteiger partial charge in [0.25, 0.3) is 0 Å². The molecule has 1 saturated heterocycles. The summed E-state index contributed by atoms with van der Waals surface area (Å²) in [4.78, 5) is 11.0. The minimum absolute atomic E-state index is 0.376. The van der Waals surface area contributed by atoms with Crippen molar-refractivity contribution in [3.8, 4) is 0 Å². The Kier molecular flexibility index (Phi) is 4.65. The molecule has 0 saturated carbocycles. The predicted molar refractivity (Wildman–Crippen MR) is 107 cm³/mol. The van der Waals surface area contributed by atoms with Crippen LogP contribution in [0.1, 0.15) is 47.8 Å². The van der Waals surface area contributed by atoms with Crippen molar-refractivity contribution in [3.63, 3.8) is 0 Å². The number of benzene rings is 2. The second-order valence-corrected chi connectivity index (χ2v) is 8.10. The standard InChI is InChI=1S/C21H24BrN3/c1-14-6-7-16(11-15(14)2)13-25-10-4-3-5-20(25)21-23-18-9-8-17(22)12-19(18)24-21/h6-9,11-12,20H,3-5,10,13H2,1-2H3,(H,23,24). The maximum absolute atomic E-state index is 4.88. The molecule has 1 atom stereocenters. The molecular formula is C21H24BrN3. The van der Waals surface area contributed by atoms with E-state index in [1.807, 2.05) is 0 Å². The summed E-state index contributed by atoms with van der Waals surface area (Å²) in [7, 11) is 0. The van der Waals surface area contributed by atoms with Crippen molar-refractivity contribution in [1.82, 2.24) is 14.9 Å². The molecule has 4 heteroatoms. The molecule has 1 aromatic heterocycles. The van der Waals surface area contributed by atoms with Gasteiger partial charge in [0.2, 0.25) is 0 Å². The number of rotatable bonds is 3. The maximum atomic E-state index is 4.88. The molecule has 1 unspecified atom stereocenters. The summed E-state index contributed by atoms with van der Waals surface area (Å²) in [6.45, 7) is 6.50. The molecule has 3 aromatic rings. The molecule has 4 rings (SSSR count). The third kappa shape index (κ3) is 3.51. The van der Waals surface area contributed by atoms with Gasteiger partial charge in [0.15, 0.2) is 0 Å². The summed E-state index contributed by atoms with van der Waals surface area (Å²) in [6, 6.07) is 13.5. The van der Waals surface area contributed by atoms with E-state index in [0.29, 0.717) is 6.04 Å². The van der Waals surface area contributed by atoms with E-state index in [1.54, 1.807) is 0 Å². The summed E-state index contributed by atoms with van der Waals surface area (Å²) < 4.78 is 1.09. The van der Waals surface area contributed by atoms with Crippen LogP contribution in [0.4, 0.5) is 0 Å². The van der Waals surface area contributed by atoms with Crippen molar-refractivity contribution in [2.45, 2.75) is 45.7 Å². The molecule has 1 fully saturated rings. The summed E-state index contributed by atoms with van der Waals surface area (Å²) in [5, 5.41) is 0. The lowest BCUT2D eigenvalue weighted by atomic mass is 9.99. The highest BCUT2D eigenvalue weighted by molar-refractivity contribution is 9.10. The van der Waals surface area contributed by atoms with Crippen LogP contribution in [0.2, 0.25) is 0 Å². The number of halogens is 1. The quantitative estimate of drug-likeness (QED) is 0.617. The fourth-order valence-electron chi connectivity index (χ4n) is 3.79. The first-order chi connectivity index (χ1) is 12.1. The molecule has 1 N–H and O–H groups in total. The van der Waals surface area contributed by atoms with Gasteiger partial charge in [-0.2, -0.15) is 0 Å². The summed E-state index contributed by atoms with van der Waals surface area (Å²) in [5.41, 5.74) is 6.30.